The molecule has 0 heterocycles. The smallest absolute Gasteiger partial charge is 0.277 e. The van der Waals surface area contributed by atoms with Crippen LogP contribution in [0.1, 0.15) is 63.1 Å². The summed E-state index contributed by atoms with van der Waals surface area (Å²) in [5.74, 6) is 0. The van der Waals surface area contributed by atoms with Crippen LogP contribution in [-0.4, -0.2) is 23.7 Å². The Morgan fingerprint density at radius 3 is 2.47 bits per heavy atom. The summed E-state index contributed by atoms with van der Waals surface area (Å²) in [7, 11) is 0. The Morgan fingerprint density at radius 1 is 1.03 bits per heavy atom. The van der Waals surface area contributed by atoms with Gasteiger partial charge in [-0.25, -0.2) is 4.99 Å². The third kappa shape index (κ3) is 6.10. The third-order valence-electron chi connectivity index (χ3n) is 6.09. The minimum atomic E-state index is -0.295. The quantitative estimate of drug-likeness (QED) is 0.270. The molecule has 0 radical (unpaired) electrons. The number of rotatable bonds is 10. The first-order valence-electron chi connectivity index (χ1n) is 12.3. The summed E-state index contributed by atoms with van der Waals surface area (Å²) in [5.41, 5.74) is 8.01. The summed E-state index contributed by atoms with van der Waals surface area (Å²) >= 11 is 0. The fourth-order valence-electron chi connectivity index (χ4n) is 4.16. The van der Waals surface area contributed by atoms with Gasteiger partial charge in [0.15, 0.2) is 0 Å². The number of unbranched alkanes of at least 4 members (excludes halogenated alkanes) is 2. The van der Waals surface area contributed by atoms with E-state index in [0.29, 0.717) is 5.56 Å². The number of para-hydroxylation sites is 1. The summed E-state index contributed by atoms with van der Waals surface area (Å²) in [5, 5.41) is 15.4. The largest absolute Gasteiger partial charge is 0.385 e. The van der Waals surface area contributed by atoms with Gasteiger partial charge in [0.25, 0.3) is 5.69 Å². The SMILES string of the molecule is CCCCNc1ccc(/C(=C2\C=CC(=[NH+]CCCC)C(C)=C2)c2ccccc2[N+](=O)[O-])cc1C. The highest BCUT2D eigenvalue weighted by atomic mass is 16.6. The normalized spacial score (nSPS) is 15.9. The summed E-state index contributed by atoms with van der Waals surface area (Å²) in [6.07, 6.45) is 10.8. The summed E-state index contributed by atoms with van der Waals surface area (Å²) < 4.78 is 0. The van der Waals surface area contributed by atoms with Crippen molar-refractivity contribution in [3.8, 4) is 0 Å². The molecule has 0 spiro atoms. The average Bonchev–Trinajstić information content (AvgIpc) is 2.82. The highest BCUT2D eigenvalue weighted by Crippen LogP contribution is 2.36. The Morgan fingerprint density at radius 2 is 1.79 bits per heavy atom. The van der Waals surface area contributed by atoms with Gasteiger partial charge in [-0.05, 0) is 67.3 Å². The van der Waals surface area contributed by atoms with E-state index in [0.717, 1.165) is 78.0 Å². The lowest BCUT2D eigenvalue weighted by Gasteiger charge is -2.17. The van der Waals surface area contributed by atoms with Crippen LogP contribution in [0.15, 0.2) is 71.8 Å². The van der Waals surface area contributed by atoms with Crippen molar-refractivity contribution in [3.63, 3.8) is 0 Å². The number of benzene rings is 2. The van der Waals surface area contributed by atoms with Crippen LogP contribution in [0.25, 0.3) is 5.57 Å². The standard InChI is InChI=1S/C29H35N3O2/c1-5-7-17-30-26-15-13-23(19-21(26)3)29(25-11-9-10-12-28(25)32(33)34)24-14-16-27(22(4)20-24)31-18-8-6-2/h9-16,19-20,30H,5-8,17-18H2,1-4H3/p+1/b29-24-,31-27?. The molecule has 0 fully saturated rings. The second-order valence-corrected chi connectivity index (χ2v) is 8.77. The van der Waals surface area contributed by atoms with E-state index < -0.39 is 0 Å². The molecular formula is C29H36N3O2+. The van der Waals surface area contributed by atoms with E-state index in [9.17, 15) is 10.1 Å². The number of nitro groups is 1. The van der Waals surface area contributed by atoms with E-state index in [2.05, 4.69) is 74.4 Å². The Balaban J connectivity index is 2.13. The van der Waals surface area contributed by atoms with Gasteiger partial charge in [0.1, 0.15) is 6.54 Å². The molecule has 178 valence electrons. The zero-order chi connectivity index (χ0) is 24.5. The molecule has 0 saturated heterocycles. The zero-order valence-electron chi connectivity index (χ0n) is 20.8. The molecule has 0 unspecified atom stereocenters. The molecule has 0 saturated carbocycles. The molecule has 0 amide bonds. The van der Waals surface area contributed by atoms with Gasteiger partial charge in [-0.3, -0.25) is 10.1 Å². The second kappa shape index (κ2) is 12.1. The van der Waals surface area contributed by atoms with Crippen molar-refractivity contribution in [1.29, 1.82) is 0 Å². The molecule has 0 aliphatic heterocycles. The second-order valence-electron chi connectivity index (χ2n) is 8.77. The summed E-state index contributed by atoms with van der Waals surface area (Å²) in [4.78, 5) is 15.1. The van der Waals surface area contributed by atoms with Crippen LogP contribution in [0.4, 0.5) is 11.4 Å². The maximum Gasteiger partial charge on any atom is 0.277 e. The molecule has 5 nitrogen and oxygen atoms in total. The third-order valence-corrected chi connectivity index (χ3v) is 6.09. The van der Waals surface area contributed by atoms with Gasteiger partial charge < -0.3 is 5.32 Å². The van der Waals surface area contributed by atoms with E-state index in [1.165, 1.54) is 0 Å². The Bertz CT molecular complexity index is 1160. The molecule has 2 aromatic carbocycles. The number of hydrogen-bond donors (Lipinski definition) is 2. The molecule has 1 aliphatic carbocycles. The Labute approximate surface area is 203 Å². The first-order valence-corrected chi connectivity index (χ1v) is 12.3. The minimum Gasteiger partial charge on any atom is -0.385 e. The fourth-order valence-corrected chi connectivity index (χ4v) is 4.16. The van der Waals surface area contributed by atoms with E-state index in [4.69, 9.17) is 0 Å². The molecule has 2 N–H and O–H groups in total. The molecule has 34 heavy (non-hydrogen) atoms. The van der Waals surface area contributed by atoms with Gasteiger partial charge >= 0.3 is 0 Å². The number of allylic oxidation sites excluding steroid dienone is 5. The van der Waals surface area contributed by atoms with E-state index in [1.807, 2.05) is 12.1 Å². The predicted octanol–water partition coefficient (Wildman–Crippen LogP) is 5.75. The van der Waals surface area contributed by atoms with Gasteiger partial charge in [0.05, 0.1) is 10.5 Å². The van der Waals surface area contributed by atoms with E-state index >= 15 is 0 Å². The monoisotopic (exact) mass is 458 g/mol. The number of aryl methyl sites for hydroxylation is 1. The highest BCUT2D eigenvalue weighted by Gasteiger charge is 2.22. The lowest BCUT2D eigenvalue weighted by atomic mass is 9.87. The van der Waals surface area contributed by atoms with Crippen molar-refractivity contribution in [2.75, 3.05) is 18.4 Å². The van der Waals surface area contributed by atoms with Crippen molar-refractivity contribution in [2.45, 2.75) is 53.4 Å². The number of anilines is 1. The molecule has 3 rings (SSSR count). The summed E-state index contributed by atoms with van der Waals surface area (Å²) in [6.45, 7) is 10.4. The van der Waals surface area contributed by atoms with Crippen LogP contribution < -0.4 is 10.3 Å². The van der Waals surface area contributed by atoms with Crippen LogP contribution in [0, 0.1) is 17.0 Å². The van der Waals surface area contributed by atoms with Crippen molar-refractivity contribution in [1.82, 2.24) is 0 Å². The maximum absolute atomic E-state index is 11.9. The van der Waals surface area contributed by atoms with Crippen LogP contribution in [0.3, 0.4) is 0 Å². The lowest BCUT2D eigenvalue weighted by Crippen LogP contribution is -2.73. The maximum atomic E-state index is 11.9. The Kier molecular flexibility index (Phi) is 8.97. The highest BCUT2D eigenvalue weighted by molar-refractivity contribution is 6.07. The van der Waals surface area contributed by atoms with Crippen molar-refractivity contribution in [2.24, 2.45) is 0 Å². The van der Waals surface area contributed by atoms with Crippen molar-refractivity contribution < 1.29 is 9.92 Å². The minimum absolute atomic E-state index is 0.114. The predicted molar refractivity (Wildman–Crippen MR) is 142 cm³/mol. The molecule has 0 atom stereocenters. The number of nitro benzene ring substituents is 1. The number of hydrogen-bond acceptors (Lipinski definition) is 3. The molecule has 0 aromatic heterocycles. The van der Waals surface area contributed by atoms with Crippen LogP contribution in [0.5, 0.6) is 0 Å². The van der Waals surface area contributed by atoms with Crippen LogP contribution in [0.2, 0.25) is 0 Å². The Hall–Kier alpha value is -3.47. The van der Waals surface area contributed by atoms with Crippen LogP contribution in [-0.2, 0) is 0 Å². The van der Waals surface area contributed by atoms with Crippen molar-refractivity contribution >= 4 is 22.7 Å². The molecule has 2 aromatic rings. The molecule has 0 bridgehead atoms. The van der Waals surface area contributed by atoms with Gasteiger partial charge in [0, 0.05) is 41.9 Å². The fraction of sp³-hybridized carbons (Fsp3) is 0.345. The molecule has 1 aliphatic rings. The van der Waals surface area contributed by atoms with Gasteiger partial charge in [-0.1, -0.05) is 44.9 Å². The zero-order valence-corrected chi connectivity index (χ0v) is 20.8. The first-order chi connectivity index (χ1) is 16.5. The number of nitrogens with one attached hydrogen (secondary N) is 2. The van der Waals surface area contributed by atoms with Gasteiger partial charge in [-0.15, -0.1) is 0 Å². The first kappa shape index (κ1) is 25.2. The van der Waals surface area contributed by atoms with Crippen LogP contribution >= 0.6 is 0 Å². The van der Waals surface area contributed by atoms with E-state index in [1.54, 1.807) is 12.1 Å². The van der Waals surface area contributed by atoms with Gasteiger partial charge in [-0.2, -0.15) is 0 Å². The average molecular weight is 459 g/mol. The number of nitrogens with zero attached hydrogens (tertiary/aromatic N) is 1. The van der Waals surface area contributed by atoms with Gasteiger partial charge in [0.2, 0.25) is 5.71 Å². The lowest BCUT2D eigenvalue weighted by molar-refractivity contribution is -0.456. The summed E-state index contributed by atoms with van der Waals surface area (Å²) in [6, 6.07) is 13.3. The van der Waals surface area contributed by atoms with Crippen molar-refractivity contribution in [3.05, 3.63) is 98.6 Å². The molecular weight excluding hydrogens is 422 g/mol. The molecule has 5 heteroatoms. The topological polar surface area (TPSA) is 69.1 Å². The van der Waals surface area contributed by atoms with E-state index in [-0.39, 0.29) is 10.6 Å².